The second kappa shape index (κ2) is 7.56. The molecule has 1 N–H and O–H groups in total. The zero-order valence-corrected chi connectivity index (χ0v) is 13.9. The maximum absolute atomic E-state index is 12.1. The summed E-state index contributed by atoms with van der Waals surface area (Å²) in [7, 11) is 0. The van der Waals surface area contributed by atoms with Gasteiger partial charge in [0.05, 0.1) is 5.56 Å². The summed E-state index contributed by atoms with van der Waals surface area (Å²) in [5.74, 6) is 0.122. The van der Waals surface area contributed by atoms with E-state index < -0.39 is 0 Å². The molecule has 0 unspecified atom stereocenters. The number of amides is 1. The molecule has 0 spiro atoms. The quantitative estimate of drug-likeness (QED) is 0.776. The third kappa shape index (κ3) is 4.40. The Morgan fingerprint density at radius 3 is 2.60 bits per heavy atom. The summed E-state index contributed by atoms with van der Waals surface area (Å²) < 4.78 is 0. The van der Waals surface area contributed by atoms with Gasteiger partial charge in [0.2, 0.25) is 0 Å². The molecule has 0 aliphatic rings. The summed E-state index contributed by atoms with van der Waals surface area (Å²) in [6, 6.07) is 16.3. The van der Waals surface area contributed by atoms with E-state index in [1.165, 1.54) is 12.3 Å². The lowest BCUT2D eigenvalue weighted by Gasteiger charge is -2.06. The smallest absolute Gasteiger partial charge is 0.258 e. The van der Waals surface area contributed by atoms with Crippen LogP contribution < -0.4 is 5.32 Å². The Balaban J connectivity index is 1.65. The lowest BCUT2D eigenvalue weighted by Crippen LogP contribution is -2.13. The minimum atomic E-state index is -0.327. The van der Waals surface area contributed by atoms with Gasteiger partial charge in [-0.05, 0) is 47.9 Å². The highest BCUT2D eigenvalue weighted by Crippen LogP contribution is 2.15. The Hall–Kier alpha value is -3.23. The standard InChI is InChI=1S/C19H13ClN4O/c20-16-3-1-2-13(9-16)8-14-4-7-18(23-11-14)24-19(25)15-5-6-17(10-21)22-12-15/h1-7,9,11-12H,8H2,(H,23,24,25). The monoisotopic (exact) mass is 348 g/mol. The Bertz CT molecular complexity index is 931. The topological polar surface area (TPSA) is 78.7 Å². The molecule has 3 aromatic rings. The SMILES string of the molecule is N#Cc1ccc(C(=O)Nc2ccc(Cc3cccc(Cl)c3)cn2)cn1. The van der Waals surface area contributed by atoms with Crippen molar-refractivity contribution < 1.29 is 4.79 Å². The van der Waals surface area contributed by atoms with E-state index in [1.807, 2.05) is 36.4 Å². The number of hydrogen-bond donors (Lipinski definition) is 1. The Kier molecular flexibility index (Phi) is 5.03. The van der Waals surface area contributed by atoms with Gasteiger partial charge in [-0.25, -0.2) is 9.97 Å². The summed E-state index contributed by atoms with van der Waals surface area (Å²) in [5.41, 5.74) is 2.74. The lowest BCUT2D eigenvalue weighted by molar-refractivity contribution is 0.102. The van der Waals surface area contributed by atoms with Crippen molar-refractivity contribution in [2.45, 2.75) is 6.42 Å². The van der Waals surface area contributed by atoms with Crippen molar-refractivity contribution in [1.82, 2.24) is 9.97 Å². The van der Waals surface area contributed by atoms with E-state index in [4.69, 9.17) is 16.9 Å². The number of anilines is 1. The minimum absolute atomic E-state index is 0.264. The van der Waals surface area contributed by atoms with Crippen molar-refractivity contribution in [3.63, 3.8) is 0 Å². The van der Waals surface area contributed by atoms with E-state index in [0.717, 1.165) is 11.1 Å². The highest BCUT2D eigenvalue weighted by Gasteiger charge is 2.08. The molecular weight excluding hydrogens is 336 g/mol. The molecule has 1 aromatic carbocycles. The van der Waals surface area contributed by atoms with E-state index in [0.29, 0.717) is 22.8 Å². The van der Waals surface area contributed by atoms with Gasteiger partial charge in [0.1, 0.15) is 17.6 Å². The number of nitrogens with zero attached hydrogens (tertiary/aromatic N) is 3. The van der Waals surface area contributed by atoms with Gasteiger partial charge in [0.15, 0.2) is 0 Å². The average Bonchev–Trinajstić information content (AvgIpc) is 2.63. The van der Waals surface area contributed by atoms with Gasteiger partial charge in [0, 0.05) is 17.4 Å². The number of carbonyl (C=O) groups is 1. The van der Waals surface area contributed by atoms with Crippen LogP contribution in [0.25, 0.3) is 0 Å². The lowest BCUT2D eigenvalue weighted by atomic mass is 10.1. The molecule has 2 aromatic heterocycles. The second-order valence-corrected chi connectivity index (χ2v) is 5.79. The van der Waals surface area contributed by atoms with Crippen LogP contribution in [0.5, 0.6) is 0 Å². The van der Waals surface area contributed by atoms with Gasteiger partial charge < -0.3 is 5.32 Å². The number of pyridine rings is 2. The van der Waals surface area contributed by atoms with Crippen molar-refractivity contribution in [3.8, 4) is 6.07 Å². The zero-order valence-electron chi connectivity index (χ0n) is 13.1. The molecule has 122 valence electrons. The molecule has 1 amide bonds. The van der Waals surface area contributed by atoms with Gasteiger partial charge in [0.25, 0.3) is 5.91 Å². The Morgan fingerprint density at radius 2 is 1.96 bits per heavy atom. The van der Waals surface area contributed by atoms with Crippen LogP contribution in [0.1, 0.15) is 27.2 Å². The number of halogens is 1. The van der Waals surface area contributed by atoms with Crippen LogP contribution in [0.2, 0.25) is 5.02 Å². The average molecular weight is 349 g/mol. The molecule has 0 radical (unpaired) electrons. The van der Waals surface area contributed by atoms with Crippen molar-refractivity contribution in [2.24, 2.45) is 0 Å². The molecule has 0 fully saturated rings. The summed E-state index contributed by atoms with van der Waals surface area (Å²) in [6.07, 6.45) is 3.79. The summed E-state index contributed by atoms with van der Waals surface area (Å²) in [5, 5.41) is 12.1. The van der Waals surface area contributed by atoms with E-state index in [9.17, 15) is 4.79 Å². The van der Waals surface area contributed by atoms with E-state index in [-0.39, 0.29) is 11.6 Å². The van der Waals surface area contributed by atoms with Crippen LogP contribution in [-0.2, 0) is 6.42 Å². The third-order valence-electron chi connectivity index (χ3n) is 3.50. The maximum atomic E-state index is 12.1. The molecule has 0 aliphatic heterocycles. The predicted octanol–water partition coefficient (Wildman–Crippen LogP) is 3.84. The second-order valence-electron chi connectivity index (χ2n) is 5.36. The summed E-state index contributed by atoms with van der Waals surface area (Å²) in [4.78, 5) is 20.3. The zero-order chi connectivity index (χ0) is 17.6. The van der Waals surface area contributed by atoms with Crippen molar-refractivity contribution in [3.05, 3.63) is 88.3 Å². The normalized spacial score (nSPS) is 10.1. The van der Waals surface area contributed by atoms with Crippen LogP contribution >= 0.6 is 11.6 Å². The maximum Gasteiger partial charge on any atom is 0.258 e. The van der Waals surface area contributed by atoms with Crippen LogP contribution in [0.15, 0.2) is 60.9 Å². The molecule has 0 aliphatic carbocycles. The number of hydrogen-bond acceptors (Lipinski definition) is 4. The van der Waals surface area contributed by atoms with Gasteiger partial charge in [-0.2, -0.15) is 5.26 Å². The first-order valence-corrected chi connectivity index (χ1v) is 7.89. The fourth-order valence-electron chi connectivity index (χ4n) is 2.27. The first-order valence-electron chi connectivity index (χ1n) is 7.51. The van der Waals surface area contributed by atoms with Crippen LogP contribution in [-0.4, -0.2) is 15.9 Å². The molecule has 2 heterocycles. The number of rotatable bonds is 4. The van der Waals surface area contributed by atoms with Crippen LogP contribution in [0, 0.1) is 11.3 Å². The molecule has 25 heavy (non-hydrogen) atoms. The summed E-state index contributed by atoms with van der Waals surface area (Å²) in [6.45, 7) is 0. The van der Waals surface area contributed by atoms with Crippen LogP contribution in [0.4, 0.5) is 5.82 Å². The minimum Gasteiger partial charge on any atom is -0.307 e. The highest BCUT2D eigenvalue weighted by atomic mass is 35.5. The third-order valence-corrected chi connectivity index (χ3v) is 3.74. The molecule has 0 saturated heterocycles. The number of nitrogens with one attached hydrogen (secondary N) is 1. The van der Waals surface area contributed by atoms with Crippen molar-refractivity contribution in [2.75, 3.05) is 5.32 Å². The van der Waals surface area contributed by atoms with E-state index >= 15 is 0 Å². The molecule has 6 heteroatoms. The van der Waals surface area contributed by atoms with Gasteiger partial charge in [-0.3, -0.25) is 4.79 Å². The van der Waals surface area contributed by atoms with Crippen LogP contribution in [0.3, 0.4) is 0 Å². The van der Waals surface area contributed by atoms with Crippen molar-refractivity contribution in [1.29, 1.82) is 5.26 Å². The summed E-state index contributed by atoms with van der Waals surface area (Å²) >= 11 is 5.98. The number of aromatic nitrogens is 2. The fraction of sp³-hybridized carbons (Fsp3) is 0.0526. The number of carbonyl (C=O) groups excluding carboxylic acids is 1. The highest BCUT2D eigenvalue weighted by molar-refractivity contribution is 6.30. The molecule has 0 atom stereocenters. The Morgan fingerprint density at radius 1 is 1.08 bits per heavy atom. The first-order chi connectivity index (χ1) is 12.1. The number of nitriles is 1. The van der Waals surface area contributed by atoms with Crippen molar-refractivity contribution >= 4 is 23.3 Å². The molecule has 3 rings (SSSR count). The van der Waals surface area contributed by atoms with E-state index in [2.05, 4.69) is 15.3 Å². The predicted molar refractivity (Wildman–Crippen MR) is 95.4 cm³/mol. The largest absolute Gasteiger partial charge is 0.307 e. The fourth-order valence-corrected chi connectivity index (χ4v) is 2.48. The van der Waals surface area contributed by atoms with Gasteiger partial charge in [-0.15, -0.1) is 0 Å². The van der Waals surface area contributed by atoms with E-state index in [1.54, 1.807) is 18.3 Å². The Labute approximate surface area is 149 Å². The van der Waals surface area contributed by atoms with Gasteiger partial charge >= 0.3 is 0 Å². The molecule has 0 saturated carbocycles. The molecule has 5 nitrogen and oxygen atoms in total. The molecule has 0 bridgehead atoms. The van der Waals surface area contributed by atoms with Gasteiger partial charge in [-0.1, -0.05) is 29.8 Å². The number of benzene rings is 1. The first kappa shape index (κ1) is 16.6. The molecular formula is C19H13ClN4O.